The van der Waals surface area contributed by atoms with Gasteiger partial charge in [0, 0.05) is 30.1 Å². The van der Waals surface area contributed by atoms with Crippen LogP contribution in [0, 0.1) is 11.7 Å². The Morgan fingerprint density at radius 3 is 2.38 bits per heavy atom. The molecule has 0 spiro atoms. The number of anilines is 1. The van der Waals surface area contributed by atoms with Crippen LogP contribution >= 0.6 is 12.4 Å². The molecule has 0 N–H and O–H groups in total. The van der Waals surface area contributed by atoms with Crippen molar-refractivity contribution in [2.24, 2.45) is 5.92 Å². The minimum absolute atomic E-state index is 0. The summed E-state index contributed by atoms with van der Waals surface area (Å²) >= 11 is 0. The number of rotatable bonds is 6. The number of nitrogens with zero attached hydrogens (tertiary/aromatic N) is 2. The Hall–Kier alpha value is -2.44. The topological polar surface area (TPSA) is 49.9 Å². The summed E-state index contributed by atoms with van der Waals surface area (Å²) in [7, 11) is 1.64. The lowest BCUT2D eigenvalue weighted by molar-refractivity contribution is -0.122. The maximum absolute atomic E-state index is 13.1. The van der Waals surface area contributed by atoms with E-state index in [-0.39, 0.29) is 35.8 Å². The number of ketones is 1. The van der Waals surface area contributed by atoms with Crippen molar-refractivity contribution >= 4 is 29.8 Å². The van der Waals surface area contributed by atoms with E-state index in [1.54, 1.807) is 19.2 Å². The monoisotopic (exact) mass is 460 g/mol. The van der Waals surface area contributed by atoms with Crippen molar-refractivity contribution in [3.63, 3.8) is 0 Å². The smallest absolute Gasteiger partial charge is 0.237 e. The van der Waals surface area contributed by atoms with E-state index in [2.05, 4.69) is 4.90 Å². The lowest BCUT2D eigenvalue weighted by atomic mass is 9.85. The number of piperidine rings is 1. The third-order valence-corrected chi connectivity index (χ3v) is 6.65. The summed E-state index contributed by atoms with van der Waals surface area (Å²) in [4.78, 5) is 30.0. The first-order valence-electron chi connectivity index (χ1n) is 10.8. The van der Waals surface area contributed by atoms with E-state index >= 15 is 0 Å². The number of hydrogen-bond donors (Lipinski definition) is 0. The first-order chi connectivity index (χ1) is 14.8. The van der Waals surface area contributed by atoms with Gasteiger partial charge in [0.1, 0.15) is 11.6 Å². The molecule has 2 aliphatic heterocycles. The number of fused-ring (bicyclic) bond motifs is 1. The van der Waals surface area contributed by atoms with Gasteiger partial charge in [-0.3, -0.25) is 9.59 Å². The highest BCUT2D eigenvalue weighted by Gasteiger charge is 2.45. The summed E-state index contributed by atoms with van der Waals surface area (Å²) in [6, 6.07) is 11.6. The molecule has 0 bridgehead atoms. The predicted octanol–water partition coefficient (Wildman–Crippen LogP) is 4.48. The molecule has 5 nitrogen and oxygen atoms in total. The fraction of sp³-hybridized carbons (Fsp3) is 0.440. The van der Waals surface area contributed by atoms with Gasteiger partial charge in [-0.25, -0.2) is 4.39 Å². The summed E-state index contributed by atoms with van der Waals surface area (Å²) in [5.41, 5.74) is 1.84. The maximum atomic E-state index is 13.1. The summed E-state index contributed by atoms with van der Waals surface area (Å²) in [6.07, 6.45) is 1.56. The molecule has 4 rings (SSSR count). The van der Waals surface area contributed by atoms with Gasteiger partial charge in [0.25, 0.3) is 0 Å². The largest absolute Gasteiger partial charge is 0.496 e. The average Bonchev–Trinajstić information content (AvgIpc) is 2.98. The van der Waals surface area contributed by atoms with Crippen LogP contribution in [0.5, 0.6) is 5.75 Å². The second-order valence-corrected chi connectivity index (χ2v) is 8.92. The lowest BCUT2D eigenvalue weighted by Crippen LogP contribution is -2.43. The van der Waals surface area contributed by atoms with Gasteiger partial charge in [-0.2, -0.15) is 0 Å². The quantitative estimate of drug-likeness (QED) is 0.596. The van der Waals surface area contributed by atoms with Crippen molar-refractivity contribution in [2.45, 2.75) is 32.1 Å². The highest BCUT2D eigenvalue weighted by atomic mass is 35.5. The highest BCUT2D eigenvalue weighted by Crippen LogP contribution is 2.46. The molecule has 2 aliphatic rings. The van der Waals surface area contributed by atoms with Gasteiger partial charge in [-0.1, -0.05) is 6.07 Å². The molecule has 2 aromatic carbocycles. The minimum Gasteiger partial charge on any atom is -0.496 e. The maximum Gasteiger partial charge on any atom is 0.237 e. The number of hydrogen-bond acceptors (Lipinski definition) is 4. The standard InChI is InChI=1S/C25H29FN2O3.ClH/c1-25(2)22-20(5-4-6-21(22)31-3)28(24(25)30)16-15-27-13-11-18(12-14-27)23(29)17-7-9-19(26)10-8-17;/h4-10,18H,11-16H2,1-3H3;1H. The third kappa shape index (κ3) is 4.39. The SMILES string of the molecule is COc1cccc2c1C(C)(C)C(=O)N2CCN1CCC(C(=O)c2ccc(F)cc2)CC1.Cl. The number of carbonyl (C=O) groups is 2. The van der Waals surface area contributed by atoms with E-state index in [4.69, 9.17) is 4.74 Å². The normalized spacial score (nSPS) is 18.2. The molecule has 0 aliphatic carbocycles. The fourth-order valence-corrected chi connectivity index (χ4v) is 4.83. The number of amides is 1. The molecule has 1 saturated heterocycles. The second kappa shape index (κ2) is 9.59. The number of benzene rings is 2. The average molecular weight is 461 g/mol. The molecule has 1 fully saturated rings. The minimum atomic E-state index is -0.615. The van der Waals surface area contributed by atoms with E-state index in [1.165, 1.54) is 12.1 Å². The third-order valence-electron chi connectivity index (χ3n) is 6.65. The number of likely N-dealkylation sites (tertiary alicyclic amines) is 1. The fourth-order valence-electron chi connectivity index (χ4n) is 4.83. The number of halogens is 2. The van der Waals surface area contributed by atoms with E-state index in [1.807, 2.05) is 36.9 Å². The summed E-state index contributed by atoms with van der Waals surface area (Å²) in [5.74, 6) is 0.577. The van der Waals surface area contributed by atoms with Crippen LogP contribution in [0.1, 0.15) is 42.6 Å². The van der Waals surface area contributed by atoms with Crippen molar-refractivity contribution in [3.8, 4) is 5.75 Å². The van der Waals surface area contributed by atoms with E-state index in [9.17, 15) is 14.0 Å². The zero-order valence-corrected chi connectivity index (χ0v) is 19.6. The molecule has 172 valence electrons. The van der Waals surface area contributed by atoms with Crippen LogP contribution in [0.25, 0.3) is 0 Å². The van der Waals surface area contributed by atoms with Gasteiger partial charge in [0.05, 0.1) is 18.2 Å². The number of methoxy groups -OCH3 is 1. The molecule has 2 aromatic rings. The van der Waals surface area contributed by atoms with Gasteiger partial charge in [0.2, 0.25) is 5.91 Å². The molecule has 2 heterocycles. The van der Waals surface area contributed by atoms with Crippen LogP contribution in [0.2, 0.25) is 0 Å². The molecule has 32 heavy (non-hydrogen) atoms. The Morgan fingerprint density at radius 1 is 1.09 bits per heavy atom. The van der Waals surface area contributed by atoms with E-state index in [0.29, 0.717) is 12.1 Å². The van der Waals surface area contributed by atoms with Crippen molar-refractivity contribution in [3.05, 3.63) is 59.4 Å². The molecular weight excluding hydrogens is 431 g/mol. The van der Waals surface area contributed by atoms with Crippen molar-refractivity contribution in [2.75, 3.05) is 38.2 Å². The molecular formula is C25H30ClFN2O3. The Kier molecular flexibility index (Phi) is 7.25. The molecule has 0 radical (unpaired) electrons. The summed E-state index contributed by atoms with van der Waals surface area (Å²) in [5, 5.41) is 0. The van der Waals surface area contributed by atoms with Crippen LogP contribution in [-0.4, -0.2) is 49.9 Å². The summed E-state index contributed by atoms with van der Waals surface area (Å²) in [6.45, 7) is 6.89. The molecule has 0 atom stereocenters. The van der Waals surface area contributed by atoms with E-state index in [0.717, 1.165) is 49.5 Å². The zero-order valence-electron chi connectivity index (χ0n) is 18.8. The molecule has 0 aromatic heterocycles. The van der Waals surface area contributed by atoms with Gasteiger partial charge in [-0.15, -0.1) is 12.4 Å². The van der Waals surface area contributed by atoms with Gasteiger partial charge in [-0.05, 0) is 76.2 Å². The van der Waals surface area contributed by atoms with Crippen LogP contribution in [0.15, 0.2) is 42.5 Å². The first-order valence-corrected chi connectivity index (χ1v) is 10.8. The van der Waals surface area contributed by atoms with Crippen LogP contribution < -0.4 is 9.64 Å². The van der Waals surface area contributed by atoms with Crippen molar-refractivity contribution in [1.29, 1.82) is 0 Å². The Bertz CT molecular complexity index is 985. The second-order valence-electron chi connectivity index (χ2n) is 8.92. The lowest BCUT2D eigenvalue weighted by Gasteiger charge is -2.32. The van der Waals surface area contributed by atoms with Gasteiger partial charge >= 0.3 is 0 Å². The Balaban J connectivity index is 0.00000289. The molecule has 7 heteroatoms. The predicted molar refractivity (Wildman–Crippen MR) is 126 cm³/mol. The number of ether oxygens (including phenoxy) is 1. The molecule has 1 amide bonds. The van der Waals surface area contributed by atoms with Gasteiger partial charge < -0.3 is 14.5 Å². The highest BCUT2D eigenvalue weighted by molar-refractivity contribution is 6.08. The van der Waals surface area contributed by atoms with Crippen molar-refractivity contribution in [1.82, 2.24) is 4.90 Å². The Labute approximate surface area is 194 Å². The van der Waals surface area contributed by atoms with Crippen LogP contribution in [0.4, 0.5) is 10.1 Å². The summed E-state index contributed by atoms with van der Waals surface area (Å²) < 4.78 is 18.6. The zero-order chi connectivity index (χ0) is 22.2. The van der Waals surface area contributed by atoms with Gasteiger partial charge in [0.15, 0.2) is 5.78 Å². The Morgan fingerprint density at radius 2 is 1.75 bits per heavy atom. The molecule has 0 saturated carbocycles. The van der Waals surface area contributed by atoms with Crippen LogP contribution in [0.3, 0.4) is 0 Å². The van der Waals surface area contributed by atoms with Crippen molar-refractivity contribution < 1.29 is 18.7 Å². The number of Topliss-reactive ketones (excluding diaryl/α,β-unsaturated/α-hetero) is 1. The first kappa shape index (κ1) is 24.2. The number of carbonyl (C=O) groups excluding carboxylic acids is 2. The molecule has 0 unspecified atom stereocenters. The van der Waals surface area contributed by atoms with Crippen LogP contribution in [-0.2, 0) is 10.2 Å². The van der Waals surface area contributed by atoms with E-state index < -0.39 is 5.41 Å².